The van der Waals surface area contributed by atoms with Gasteiger partial charge in [-0.15, -0.1) is 0 Å². The first-order chi connectivity index (χ1) is 10.6. The highest BCUT2D eigenvalue weighted by Crippen LogP contribution is 2.48. The van der Waals surface area contributed by atoms with E-state index in [0.717, 1.165) is 102 Å². The van der Waals surface area contributed by atoms with Crippen LogP contribution >= 0.6 is 0 Å². The first-order valence-corrected chi connectivity index (χ1v) is 9.24. The zero-order valence-corrected chi connectivity index (χ0v) is 13.9. The van der Waals surface area contributed by atoms with E-state index in [9.17, 15) is 14.7 Å². The second kappa shape index (κ2) is 8.24. The van der Waals surface area contributed by atoms with Gasteiger partial charge in [-0.05, 0) is 51.4 Å². The van der Waals surface area contributed by atoms with Crippen LogP contribution in [0.3, 0.4) is 0 Å². The van der Waals surface area contributed by atoms with Gasteiger partial charge in [0.25, 0.3) is 0 Å². The van der Waals surface area contributed by atoms with Gasteiger partial charge in [-0.1, -0.05) is 38.5 Å². The van der Waals surface area contributed by atoms with Crippen molar-refractivity contribution in [3.63, 3.8) is 0 Å². The van der Waals surface area contributed by atoms with Gasteiger partial charge in [0.2, 0.25) is 0 Å². The van der Waals surface area contributed by atoms with Crippen LogP contribution in [0.25, 0.3) is 0 Å². The molecule has 0 aliphatic heterocycles. The number of hydrogen-bond donors (Lipinski definition) is 1. The van der Waals surface area contributed by atoms with E-state index in [1.165, 1.54) is 0 Å². The van der Waals surface area contributed by atoms with Crippen LogP contribution in [0.15, 0.2) is 0 Å². The summed E-state index contributed by atoms with van der Waals surface area (Å²) in [6.07, 6.45) is 17.0. The van der Waals surface area contributed by atoms with Crippen molar-refractivity contribution >= 4 is 12.6 Å². The van der Waals surface area contributed by atoms with E-state index in [0.29, 0.717) is 0 Å². The minimum Gasteiger partial charge on any atom is -0.393 e. The third-order valence-corrected chi connectivity index (χ3v) is 5.71. The van der Waals surface area contributed by atoms with E-state index in [1.54, 1.807) is 0 Å². The van der Waals surface area contributed by atoms with E-state index in [4.69, 9.17) is 0 Å². The molecule has 0 bridgehead atoms. The van der Waals surface area contributed by atoms with Crippen molar-refractivity contribution in [3.05, 3.63) is 0 Å². The van der Waals surface area contributed by atoms with E-state index in [1.807, 2.05) is 0 Å². The average Bonchev–Trinajstić information content (AvgIpc) is 3.43. The molecule has 0 spiro atoms. The second-order valence-electron chi connectivity index (χ2n) is 7.81. The van der Waals surface area contributed by atoms with Crippen molar-refractivity contribution < 1.29 is 14.7 Å². The molecule has 0 saturated heterocycles. The van der Waals surface area contributed by atoms with Crippen LogP contribution in [0.2, 0.25) is 0 Å². The van der Waals surface area contributed by atoms with E-state index >= 15 is 0 Å². The van der Waals surface area contributed by atoms with Crippen LogP contribution in [0, 0.1) is 10.8 Å². The van der Waals surface area contributed by atoms with Crippen molar-refractivity contribution in [1.82, 2.24) is 0 Å². The lowest BCUT2D eigenvalue weighted by Gasteiger charge is -2.11. The van der Waals surface area contributed by atoms with Crippen molar-refractivity contribution in [2.75, 3.05) is 0 Å². The Bertz CT molecular complexity index is 322. The fourth-order valence-electron chi connectivity index (χ4n) is 3.39. The Morgan fingerprint density at radius 3 is 1.45 bits per heavy atom. The predicted octanol–water partition coefficient (Wildman–Crippen LogP) is 4.21. The van der Waals surface area contributed by atoms with Gasteiger partial charge in [-0.3, -0.25) is 0 Å². The van der Waals surface area contributed by atoms with Crippen LogP contribution in [-0.4, -0.2) is 23.8 Å². The third-order valence-electron chi connectivity index (χ3n) is 5.71. The maximum Gasteiger partial charge on any atom is 0.126 e. The Labute approximate surface area is 134 Å². The summed E-state index contributed by atoms with van der Waals surface area (Å²) in [5.41, 5.74) is 0.109. The van der Waals surface area contributed by atoms with Gasteiger partial charge >= 0.3 is 0 Å². The molecule has 0 aromatic carbocycles. The van der Waals surface area contributed by atoms with Crippen LogP contribution in [0.1, 0.15) is 89.9 Å². The Hall–Kier alpha value is -0.700. The van der Waals surface area contributed by atoms with Gasteiger partial charge in [0, 0.05) is 10.8 Å². The molecule has 0 unspecified atom stereocenters. The molecule has 3 heteroatoms. The number of aliphatic hydroxyl groups excluding tert-OH is 1. The van der Waals surface area contributed by atoms with Crippen LogP contribution in [-0.2, 0) is 9.59 Å². The Kier molecular flexibility index (Phi) is 6.61. The number of rotatable bonds is 14. The molecular weight excluding hydrogens is 276 g/mol. The SMILES string of the molecule is O=CC1(CCCCCC(O)CCCCCC2(C=O)CC2)CC1. The molecule has 22 heavy (non-hydrogen) atoms. The average molecular weight is 308 g/mol. The quantitative estimate of drug-likeness (QED) is 0.386. The van der Waals surface area contributed by atoms with Gasteiger partial charge in [0.05, 0.1) is 6.10 Å². The van der Waals surface area contributed by atoms with Crippen molar-refractivity contribution in [3.8, 4) is 0 Å². The first kappa shape index (κ1) is 17.7. The summed E-state index contributed by atoms with van der Waals surface area (Å²) in [5.74, 6) is 0. The summed E-state index contributed by atoms with van der Waals surface area (Å²) < 4.78 is 0. The summed E-state index contributed by atoms with van der Waals surface area (Å²) in [4.78, 5) is 21.7. The fraction of sp³-hybridized carbons (Fsp3) is 0.895. The second-order valence-corrected chi connectivity index (χ2v) is 7.81. The highest BCUT2D eigenvalue weighted by Gasteiger charge is 2.42. The molecule has 2 rings (SSSR count). The van der Waals surface area contributed by atoms with Crippen molar-refractivity contribution in [2.45, 2.75) is 96.0 Å². The lowest BCUT2D eigenvalue weighted by Crippen LogP contribution is -2.07. The molecule has 0 atom stereocenters. The van der Waals surface area contributed by atoms with Crippen LogP contribution in [0.5, 0.6) is 0 Å². The summed E-state index contributed by atoms with van der Waals surface area (Å²) in [6.45, 7) is 0. The zero-order chi connectivity index (χ0) is 15.9. The Morgan fingerprint density at radius 1 is 0.727 bits per heavy atom. The molecule has 0 heterocycles. The minimum absolute atomic E-state index is 0.0546. The molecule has 0 amide bonds. The molecule has 0 aromatic heterocycles. The topological polar surface area (TPSA) is 54.4 Å². The number of carbonyl (C=O) groups excluding carboxylic acids is 2. The molecule has 3 nitrogen and oxygen atoms in total. The Balaban J connectivity index is 1.37. The number of aldehydes is 2. The Morgan fingerprint density at radius 2 is 1.14 bits per heavy atom. The highest BCUT2D eigenvalue weighted by atomic mass is 16.3. The number of hydrogen-bond acceptors (Lipinski definition) is 3. The molecular formula is C19H32O3. The summed E-state index contributed by atoms with van der Waals surface area (Å²) in [7, 11) is 0. The maximum atomic E-state index is 10.9. The summed E-state index contributed by atoms with van der Waals surface area (Å²) in [6, 6.07) is 0. The summed E-state index contributed by atoms with van der Waals surface area (Å²) in [5, 5.41) is 9.97. The van der Waals surface area contributed by atoms with Gasteiger partial charge < -0.3 is 14.7 Å². The highest BCUT2D eigenvalue weighted by molar-refractivity contribution is 5.63. The van der Waals surface area contributed by atoms with E-state index in [-0.39, 0.29) is 16.9 Å². The maximum absolute atomic E-state index is 10.9. The molecule has 2 aliphatic rings. The molecule has 2 aliphatic carbocycles. The van der Waals surface area contributed by atoms with Gasteiger partial charge in [-0.2, -0.15) is 0 Å². The largest absolute Gasteiger partial charge is 0.393 e. The standard InChI is InChI=1S/C19H32O3/c20-15-18(11-12-18)9-5-1-3-7-17(22)8-4-2-6-10-19(16-21)13-14-19/h15-17,22H,1-14H2. The molecule has 2 saturated carbocycles. The van der Waals surface area contributed by atoms with Crippen molar-refractivity contribution in [2.24, 2.45) is 10.8 Å². The number of carbonyl (C=O) groups is 2. The molecule has 2 fully saturated rings. The third kappa shape index (κ3) is 5.83. The lowest BCUT2D eigenvalue weighted by molar-refractivity contribution is -0.113. The van der Waals surface area contributed by atoms with E-state index < -0.39 is 0 Å². The molecule has 0 aromatic rings. The minimum atomic E-state index is -0.165. The normalized spacial score (nSPS) is 20.8. The smallest absolute Gasteiger partial charge is 0.126 e. The van der Waals surface area contributed by atoms with Gasteiger partial charge in [0.15, 0.2) is 0 Å². The lowest BCUT2D eigenvalue weighted by atomic mass is 9.97. The predicted molar refractivity (Wildman–Crippen MR) is 87.6 cm³/mol. The van der Waals surface area contributed by atoms with E-state index in [2.05, 4.69) is 0 Å². The number of aliphatic hydroxyl groups is 1. The molecule has 1 N–H and O–H groups in total. The summed E-state index contributed by atoms with van der Waals surface area (Å²) >= 11 is 0. The van der Waals surface area contributed by atoms with Gasteiger partial charge in [0.1, 0.15) is 12.6 Å². The van der Waals surface area contributed by atoms with Crippen LogP contribution in [0.4, 0.5) is 0 Å². The van der Waals surface area contributed by atoms with Crippen molar-refractivity contribution in [1.29, 1.82) is 0 Å². The monoisotopic (exact) mass is 308 g/mol. The molecule has 0 radical (unpaired) electrons. The number of unbranched alkanes of at least 4 members (excludes halogenated alkanes) is 4. The first-order valence-electron chi connectivity index (χ1n) is 9.24. The zero-order valence-electron chi connectivity index (χ0n) is 13.9. The fourth-order valence-corrected chi connectivity index (χ4v) is 3.39. The molecule has 126 valence electrons. The van der Waals surface area contributed by atoms with Gasteiger partial charge in [-0.25, -0.2) is 0 Å². The van der Waals surface area contributed by atoms with Crippen LogP contribution < -0.4 is 0 Å².